The summed E-state index contributed by atoms with van der Waals surface area (Å²) in [5.74, 6) is -0.161. The van der Waals surface area contributed by atoms with Gasteiger partial charge >= 0.3 is 5.97 Å². The van der Waals surface area contributed by atoms with Gasteiger partial charge in [-0.25, -0.2) is 4.79 Å². The summed E-state index contributed by atoms with van der Waals surface area (Å²) in [4.78, 5) is 26.9. The number of amides is 1. The van der Waals surface area contributed by atoms with Crippen LogP contribution in [0.1, 0.15) is 22.8 Å². The topological polar surface area (TPSA) is 77.1 Å². The minimum Gasteiger partial charge on any atom is -0.493 e. The van der Waals surface area contributed by atoms with Gasteiger partial charge in [-0.1, -0.05) is 18.2 Å². The summed E-state index contributed by atoms with van der Waals surface area (Å²) in [7, 11) is 1.32. The molecule has 0 unspecified atom stereocenters. The minimum absolute atomic E-state index is 0.304. The van der Waals surface area contributed by atoms with E-state index >= 15 is 0 Å². The molecule has 1 N–H and O–H groups in total. The van der Waals surface area contributed by atoms with Gasteiger partial charge in [0.05, 0.1) is 38.2 Å². The number of morpholine rings is 1. The summed E-state index contributed by atoms with van der Waals surface area (Å²) >= 11 is 0. The molecular formula is C23H26N2O5. The van der Waals surface area contributed by atoms with Crippen molar-refractivity contribution in [2.75, 3.05) is 50.2 Å². The molecule has 0 radical (unpaired) electrons. The Bertz CT molecular complexity index is 920. The molecule has 30 heavy (non-hydrogen) atoms. The van der Waals surface area contributed by atoms with Gasteiger partial charge < -0.3 is 24.4 Å². The van der Waals surface area contributed by atoms with Crippen LogP contribution in [0.5, 0.6) is 5.75 Å². The van der Waals surface area contributed by atoms with Gasteiger partial charge in [-0.05, 0) is 37.3 Å². The molecule has 2 aromatic rings. The largest absolute Gasteiger partial charge is 0.493 e. The summed E-state index contributed by atoms with van der Waals surface area (Å²) in [5.41, 5.74) is 2.38. The smallest absolute Gasteiger partial charge is 0.340 e. The number of para-hydroxylation sites is 1. The average Bonchev–Trinajstić information content (AvgIpc) is 2.79. The minimum atomic E-state index is -0.508. The van der Waals surface area contributed by atoms with Crippen LogP contribution in [0.2, 0.25) is 0 Å². The quantitative estimate of drug-likeness (QED) is 0.557. The monoisotopic (exact) mass is 410 g/mol. The molecule has 1 heterocycles. The van der Waals surface area contributed by atoms with Crippen molar-refractivity contribution in [2.24, 2.45) is 0 Å². The van der Waals surface area contributed by atoms with Crippen LogP contribution >= 0.6 is 0 Å². The first-order chi connectivity index (χ1) is 14.6. The summed E-state index contributed by atoms with van der Waals surface area (Å²) in [6, 6.07) is 12.8. The van der Waals surface area contributed by atoms with Gasteiger partial charge in [0.25, 0.3) is 0 Å². The second-order valence-corrected chi connectivity index (χ2v) is 6.61. The van der Waals surface area contributed by atoms with Crippen LogP contribution in [0.25, 0.3) is 6.08 Å². The number of benzene rings is 2. The zero-order valence-corrected chi connectivity index (χ0v) is 17.2. The molecule has 0 aliphatic carbocycles. The Morgan fingerprint density at radius 3 is 2.67 bits per heavy atom. The summed E-state index contributed by atoms with van der Waals surface area (Å²) in [6.07, 6.45) is 3.09. The number of ether oxygens (including phenoxy) is 3. The Morgan fingerprint density at radius 1 is 1.17 bits per heavy atom. The Balaban J connectivity index is 1.78. The molecule has 7 nitrogen and oxygen atoms in total. The van der Waals surface area contributed by atoms with Crippen molar-refractivity contribution in [2.45, 2.75) is 6.92 Å². The number of methoxy groups -OCH3 is 1. The number of esters is 1. The number of carbonyl (C=O) groups excluding carboxylic acids is 2. The molecule has 1 amide bonds. The lowest BCUT2D eigenvalue weighted by atomic mass is 10.1. The molecule has 0 aromatic heterocycles. The van der Waals surface area contributed by atoms with E-state index in [9.17, 15) is 9.59 Å². The van der Waals surface area contributed by atoms with Gasteiger partial charge in [-0.2, -0.15) is 0 Å². The van der Waals surface area contributed by atoms with E-state index in [4.69, 9.17) is 14.2 Å². The van der Waals surface area contributed by atoms with E-state index in [-0.39, 0.29) is 5.91 Å². The van der Waals surface area contributed by atoms with Gasteiger partial charge in [-0.3, -0.25) is 4.79 Å². The second kappa shape index (κ2) is 10.5. The van der Waals surface area contributed by atoms with Gasteiger partial charge in [0.15, 0.2) is 0 Å². The van der Waals surface area contributed by atoms with Crippen LogP contribution in [-0.2, 0) is 14.3 Å². The van der Waals surface area contributed by atoms with Crippen molar-refractivity contribution in [3.8, 4) is 5.75 Å². The van der Waals surface area contributed by atoms with Crippen LogP contribution in [0.15, 0.2) is 48.5 Å². The van der Waals surface area contributed by atoms with Gasteiger partial charge in [0.2, 0.25) is 5.91 Å². The number of carbonyl (C=O) groups is 2. The lowest BCUT2D eigenvalue weighted by molar-refractivity contribution is -0.111. The van der Waals surface area contributed by atoms with Crippen molar-refractivity contribution in [1.29, 1.82) is 0 Å². The molecule has 0 atom stereocenters. The number of nitrogens with one attached hydrogen (secondary N) is 1. The number of rotatable bonds is 7. The summed E-state index contributed by atoms with van der Waals surface area (Å²) in [6.45, 7) is 5.21. The van der Waals surface area contributed by atoms with Crippen LogP contribution in [-0.4, -0.2) is 51.9 Å². The van der Waals surface area contributed by atoms with Crippen molar-refractivity contribution < 1.29 is 23.8 Å². The highest BCUT2D eigenvalue weighted by atomic mass is 16.5. The fourth-order valence-corrected chi connectivity index (χ4v) is 3.18. The van der Waals surface area contributed by atoms with Crippen molar-refractivity contribution in [1.82, 2.24) is 0 Å². The molecule has 1 aliphatic rings. The Hall–Kier alpha value is -3.32. The summed E-state index contributed by atoms with van der Waals surface area (Å²) in [5, 5.41) is 2.77. The maximum absolute atomic E-state index is 12.5. The molecule has 0 saturated carbocycles. The first-order valence-electron chi connectivity index (χ1n) is 9.88. The molecule has 1 fully saturated rings. The molecule has 2 aromatic carbocycles. The zero-order valence-electron chi connectivity index (χ0n) is 17.2. The van der Waals surface area contributed by atoms with E-state index < -0.39 is 5.97 Å². The number of nitrogens with zero attached hydrogens (tertiary/aromatic N) is 1. The SMILES string of the molecule is CCOc1ccccc1/C=C/C(=O)Nc1ccc(N2CCOCC2)cc1C(=O)OC. The highest BCUT2D eigenvalue weighted by molar-refractivity contribution is 6.07. The van der Waals surface area contributed by atoms with E-state index in [1.807, 2.05) is 37.3 Å². The Morgan fingerprint density at radius 2 is 1.93 bits per heavy atom. The van der Waals surface area contributed by atoms with Crippen molar-refractivity contribution in [3.63, 3.8) is 0 Å². The second-order valence-electron chi connectivity index (χ2n) is 6.61. The predicted molar refractivity (Wildman–Crippen MR) is 116 cm³/mol. The maximum atomic E-state index is 12.5. The number of anilines is 2. The Kier molecular flexibility index (Phi) is 7.45. The normalized spacial score (nSPS) is 13.9. The van der Waals surface area contributed by atoms with E-state index in [1.165, 1.54) is 13.2 Å². The first-order valence-corrected chi connectivity index (χ1v) is 9.88. The lowest BCUT2D eigenvalue weighted by Crippen LogP contribution is -2.36. The van der Waals surface area contributed by atoms with Gasteiger partial charge in [0, 0.05) is 30.4 Å². The third-order valence-electron chi connectivity index (χ3n) is 4.68. The standard InChI is InChI=1S/C23H26N2O5/c1-3-30-21-7-5-4-6-17(21)8-11-22(26)24-20-10-9-18(16-19(20)23(27)28-2)25-12-14-29-15-13-25/h4-11,16H,3,12-15H2,1-2H3,(H,24,26)/b11-8+. The third kappa shape index (κ3) is 5.39. The molecule has 7 heteroatoms. The number of hydrogen-bond donors (Lipinski definition) is 1. The lowest BCUT2D eigenvalue weighted by Gasteiger charge is -2.29. The fraction of sp³-hybridized carbons (Fsp3) is 0.304. The zero-order chi connectivity index (χ0) is 21.3. The van der Waals surface area contributed by atoms with E-state index in [0.717, 1.165) is 24.3 Å². The first kappa shape index (κ1) is 21.4. The van der Waals surface area contributed by atoms with Gasteiger partial charge in [0.1, 0.15) is 5.75 Å². The van der Waals surface area contributed by atoms with Crippen LogP contribution in [0.3, 0.4) is 0 Å². The van der Waals surface area contributed by atoms with Crippen molar-refractivity contribution in [3.05, 3.63) is 59.7 Å². The highest BCUT2D eigenvalue weighted by Gasteiger charge is 2.18. The molecule has 1 saturated heterocycles. The van der Waals surface area contributed by atoms with Crippen LogP contribution < -0.4 is 15.0 Å². The van der Waals surface area contributed by atoms with Crippen LogP contribution in [0, 0.1) is 0 Å². The van der Waals surface area contributed by atoms with E-state index in [2.05, 4.69) is 10.2 Å². The molecule has 158 valence electrons. The Labute approximate surface area is 176 Å². The fourth-order valence-electron chi connectivity index (χ4n) is 3.18. The maximum Gasteiger partial charge on any atom is 0.340 e. The molecule has 0 spiro atoms. The third-order valence-corrected chi connectivity index (χ3v) is 4.68. The van der Waals surface area contributed by atoms with E-state index in [0.29, 0.717) is 36.8 Å². The summed E-state index contributed by atoms with van der Waals surface area (Å²) < 4.78 is 15.8. The van der Waals surface area contributed by atoms with Gasteiger partial charge in [-0.15, -0.1) is 0 Å². The molecule has 1 aliphatic heterocycles. The molecule has 3 rings (SSSR count). The highest BCUT2D eigenvalue weighted by Crippen LogP contribution is 2.25. The predicted octanol–water partition coefficient (Wildman–Crippen LogP) is 3.36. The van der Waals surface area contributed by atoms with Crippen molar-refractivity contribution >= 4 is 29.3 Å². The molecular weight excluding hydrogens is 384 g/mol. The molecule has 0 bridgehead atoms. The van der Waals surface area contributed by atoms with E-state index in [1.54, 1.807) is 18.2 Å². The van der Waals surface area contributed by atoms with Crippen LogP contribution in [0.4, 0.5) is 11.4 Å². The number of hydrogen-bond acceptors (Lipinski definition) is 6. The average molecular weight is 410 g/mol.